The van der Waals surface area contributed by atoms with Gasteiger partial charge < -0.3 is 0 Å². The van der Waals surface area contributed by atoms with Gasteiger partial charge >= 0.3 is 8.87 Å². The molecule has 0 aromatic heterocycles. The first kappa shape index (κ1) is 9.04. The lowest BCUT2D eigenvalue weighted by molar-refractivity contribution is 0.0479. The third kappa shape index (κ3) is 2.55. The molecule has 0 aliphatic heterocycles. The van der Waals surface area contributed by atoms with E-state index in [4.69, 9.17) is 0 Å². The monoisotopic (exact) mass is 274 g/mol. The van der Waals surface area contributed by atoms with Gasteiger partial charge in [0, 0.05) is 0 Å². The fourth-order valence-electron chi connectivity index (χ4n) is 0. The predicted octanol–water partition coefficient (Wildman–Crippen LogP) is 3.23. The van der Waals surface area contributed by atoms with Crippen LogP contribution in [0.25, 0.3) is 0 Å². The van der Waals surface area contributed by atoms with Crippen LogP contribution in [0.4, 0.5) is 13.2 Å². The first-order valence-electron chi connectivity index (χ1n) is 1.38. The molecule has 0 fully saturated rings. The van der Waals surface area contributed by atoms with Crippen LogP contribution in [0.5, 0.6) is 0 Å². The summed E-state index contributed by atoms with van der Waals surface area (Å²) in [6.07, 6.45) is 0. The van der Waals surface area contributed by atoms with E-state index in [1.54, 1.807) is 15.9 Å². The maximum Gasteiger partial charge on any atom is 0.358 e. The fourth-order valence-corrected chi connectivity index (χ4v) is 0. The molecular formula is C2Br2ClF3. The second-order valence-electron chi connectivity index (χ2n) is 0.996. The van der Waals surface area contributed by atoms with E-state index in [1.807, 2.05) is 15.9 Å². The van der Waals surface area contributed by atoms with Gasteiger partial charge in [-0.3, -0.25) is 0 Å². The molecule has 0 N–H and O–H groups in total. The lowest BCUT2D eigenvalue weighted by Crippen LogP contribution is -2.26. The van der Waals surface area contributed by atoms with Crippen LogP contribution in [0.15, 0.2) is 0 Å². The van der Waals surface area contributed by atoms with Crippen molar-refractivity contribution in [1.29, 1.82) is 0 Å². The average molecular weight is 276 g/mol. The summed E-state index contributed by atoms with van der Waals surface area (Å²) in [7, 11) is 0. The van der Waals surface area contributed by atoms with E-state index in [2.05, 4.69) is 11.6 Å². The molecule has 0 saturated heterocycles. The Morgan fingerprint density at radius 1 is 1.12 bits per heavy atom. The zero-order valence-electron chi connectivity index (χ0n) is 3.27. The highest BCUT2D eigenvalue weighted by atomic mass is 79.9. The predicted molar refractivity (Wildman–Crippen MR) is 32.5 cm³/mol. The number of hydrogen-bond donors (Lipinski definition) is 0. The Kier molecular flexibility index (Phi) is 2.65. The molecule has 0 aliphatic rings. The molecule has 0 radical (unpaired) electrons. The molecule has 0 aromatic carbocycles. The van der Waals surface area contributed by atoms with E-state index in [1.165, 1.54) is 0 Å². The standard InChI is InChI=1S/C2Br2ClF3/c3-1(5,6)2(4,7)8/t1-/m0/s1. The van der Waals surface area contributed by atoms with Crippen LogP contribution in [-0.2, 0) is 0 Å². The van der Waals surface area contributed by atoms with Crippen molar-refractivity contribution in [2.24, 2.45) is 0 Å². The molecule has 0 aliphatic carbocycles. The minimum Gasteiger partial charge on any atom is -0.205 e. The third-order valence-electron chi connectivity index (χ3n) is 0.321. The molecule has 0 heterocycles. The van der Waals surface area contributed by atoms with Crippen LogP contribution in [0.1, 0.15) is 0 Å². The van der Waals surface area contributed by atoms with E-state index >= 15 is 0 Å². The van der Waals surface area contributed by atoms with Gasteiger partial charge in [0.05, 0.1) is 0 Å². The molecule has 0 nitrogen and oxygen atoms in total. The van der Waals surface area contributed by atoms with E-state index in [9.17, 15) is 13.2 Å². The van der Waals surface area contributed by atoms with Crippen molar-refractivity contribution < 1.29 is 13.2 Å². The second kappa shape index (κ2) is 2.34. The molecule has 0 aromatic rings. The molecule has 0 spiro atoms. The van der Waals surface area contributed by atoms with E-state index < -0.39 is 8.87 Å². The number of hydrogen-bond acceptors (Lipinski definition) is 0. The van der Waals surface area contributed by atoms with Crippen molar-refractivity contribution in [3.63, 3.8) is 0 Å². The average Bonchev–Trinajstić information content (AvgIpc) is 1.25. The Hall–Kier alpha value is 1.04. The lowest BCUT2D eigenvalue weighted by atomic mass is 10.8. The third-order valence-corrected chi connectivity index (χ3v) is 2.36. The van der Waals surface area contributed by atoms with E-state index in [-0.39, 0.29) is 0 Å². The smallest absolute Gasteiger partial charge is 0.205 e. The SMILES string of the molecule is FC(F)(Br)[C@@](F)(Cl)Br. The van der Waals surface area contributed by atoms with Gasteiger partial charge in [-0.05, 0) is 31.9 Å². The van der Waals surface area contributed by atoms with Crippen LogP contribution in [-0.4, -0.2) is 8.87 Å². The Labute approximate surface area is 65.6 Å². The Morgan fingerprint density at radius 2 is 1.25 bits per heavy atom. The maximum atomic E-state index is 11.8. The minimum atomic E-state index is -3.73. The van der Waals surface area contributed by atoms with Crippen molar-refractivity contribution in [2.75, 3.05) is 0 Å². The van der Waals surface area contributed by atoms with Gasteiger partial charge in [-0.1, -0.05) is 11.6 Å². The van der Waals surface area contributed by atoms with Crippen LogP contribution in [0.2, 0.25) is 0 Å². The molecule has 0 rings (SSSR count). The molecule has 0 saturated carbocycles. The van der Waals surface area contributed by atoms with Crippen LogP contribution >= 0.6 is 43.5 Å². The van der Waals surface area contributed by atoms with Gasteiger partial charge in [-0.2, -0.15) is 8.78 Å². The zero-order chi connectivity index (χ0) is 7.00. The first-order valence-corrected chi connectivity index (χ1v) is 3.35. The summed E-state index contributed by atoms with van der Waals surface area (Å²) in [5.41, 5.74) is 0. The molecule has 0 bridgehead atoms. The van der Waals surface area contributed by atoms with Crippen LogP contribution in [0, 0.1) is 0 Å². The molecule has 0 amide bonds. The van der Waals surface area contributed by atoms with Crippen molar-refractivity contribution in [1.82, 2.24) is 0 Å². The highest BCUT2D eigenvalue weighted by Gasteiger charge is 2.49. The molecular weight excluding hydrogens is 276 g/mol. The summed E-state index contributed by atoms with van der Waals surface area (Å²) in [4.78, 5) is -3.73. The summed E-state index contributed by atoms with van der Waals surface area (Å²) < 4.78 is 31.8. The normalized spacial score (nSPS) is 20.2. The van der Waals surface area contributed by atoms with E-state index in [0.29, 0.717) is 0 Å². The topological polar surface area (TPSA) is 0 Å². The highest BCUT2D eigenvalue weighted by Crippen LogP contribution is 2.45. The Bertz CT molecular complexity index is 70.3. The van der Waals surface area contributed by atoms with Gasteiger partial charge in [0.1, 0.15) is 0 Å². The molecule has 6 heteroatoms. The van der Waals surface area contributed by atoms with Crippen molar-refractivity contribution in [2.45, 2.75) is 8.87 Å². The lowest BCUT2D eigenvalue weighted by Gasteiger charge is -2.14. The number of alkyl halides is 6. The van der Waals surface area contributed by atoms with E-state index in [0.717, 1.165) is 0 Å². The number of halogens is 6. The van der Waals surface area contributed by atoms with Crippen molar-refractivity contribution in [3.8, 4) is 0 Å². The Balaban J connectivity index is 4.02. The molecule has 50 valence electrons. The molecule has 1 atom stereocenters. The summed E-state index contributed by atoms with van der Waals surface area (Å²) >= 11 is 8.08. The number of rotatable bonds is 1. The fraction of sp³-hybridized carbons (Fsp3) is 1.00. The maximum absolute atomic E-state index is 11.8. The first-order chi connectivity index (χ1) is 3.25. The van der Waals surface area contributed by atoms with Gasteiger partial charge in [0.25, 0.3) is 0 Å². The summed E-state index contributed by atoms with van der Waals surface area (Å²) in [5.74, 6) is 0. The Morgan fingerprint density at radius 3 is 1.25 bits per heavy atom. The highest BCUT2D eigenvalue weighted by molar-refractivity contribution is 9.13. The summed E-state index contributed by atoms with van der Waals surface area (Å²) in [6, 6.07) is 0. The van der Waals surface area contributed by atoms with Crippen molar-refractivity contribution in [3.05, 3.63) is 0 Å². The van der Waals surface area contributed by atoms with Gasteiger partial charge in [0.15, 0.2) is 0 Å². The zero-order valence-corrected chi connectivity index (χ0v) is 7.20. The summed E-state index contributed by atoms with van der Waals surface area (Å²) in [6.45, 7) is 0. The van der Waals surface area contributed by atoms with Crippen LogP contribution < -0.4 is 0 Å². The van der Waals surface area contributed by atoms with Gasteiger partial charge in [0.2, 0.25) is 0 Å². The van der Waals surface area contributed by atoms with Gasteiger partial charge in [-0.15, -0.1) is 0 Å². The second-order valence-corrected chi connectivity index (χ2v) is 4.06. The molecule has 0 unspecified atom stereocenters. The summed E-state index contributed by atoms with van der Waals surface area (Å²) in [5, 5.41) is 0. The molecule has 8 heavy (non-hydrogen) atoms. The van der Waals surface area contributed by atoms with Gasteiger partial charge in [-0.25, -0.2) is 4.39 Å². The minimum absolute atomic E-state index is 1.71. The quantitative estimate of drug-likeness (QED) is 0.645. The van der Waals surface area contributed by atoms with Crippen LogP contribution in [0.3, 0.4) is 0 Å². The largest absolute Gasteiger partial charge is 0.358 e. The van der Waals surface area contributed by atoms with Crippen molar-refractivity contribution >= 4 is 43.5 Å².